The lowest BCUT2D eigenvalue weighted by atomic mass is 9.77. The Labute approximate surface area is 221 Å². The van der Waals surface area contributed by atoms with Crippen molar-refractivity contribution >= 4 is 22.0 Å². The van der Waals surface area contributed by atoms with Crippen molar-refractivity contribution in [1.82, 2.24) is 24.6 Å². The summed E-state index contributed by atoms with van der Waals surface area (Å²) in [6.07, 6.45) is 4.49. The number of nitrogens with zero attached hydrogens (tertiary/aromatic N) is 5. The number of aromatic nitrogens is 3. The van der Waals surface area contributed by atoms with Crippen LogP contribution in [0.4, 0.5) is 17.6 Å². The number of pyridine rings is 1. The fourth-order valence-corrected chi connectivity index (χ4v) is 5.50. The van der Waals surface area contributed by atoms with Gasteiger partial charge in [0.2, 0.25) is 0 Å². The van der Waals surface area contributed by atoms with Gasteiger partial charge in [0.15, 0.2) is 11.6 Å². The minimum Gasteiger partial charge on any atom is -0.381 e. The van der Waals surface area contributed by atoms with Crippen LogP contribution in [0.1, 0.15) is 44.7 Å². The first-order valence-electron chi connectivity index (χ1n) is 11.8. The Morgan fingerprint density at radius 3 is 2.44 bits per heavy atom. The summed E-state index contributed by atoms with van der Waals surface area (Å²) in [5, 5.41) is 3.86. The molecule has 0 radical (unpaired) electrons. The molecule has 0 amide bonds. The molecule has 0 saturated carbocycles. The van der Waals surface area contributed by atoms with E-state index in [0.717, 1.165) is 12.4 Å². The van der Waals surface area contributed by atoms with Gasteiger partial charge in [-0.15, -0.1) is 0 Å². The van der Waals surface area contributed by atoms with E-state index in [9.17, 15) is 35.6 Å². The van der Waals surface area contributed by atoms with Crippen molar-refractivity contribution in [3.05, 3.63) is 65.3 Å². The summed E-state index contributed by atoms with van der Waals surface area (Å²) in [6.45, 7) is 3.76. The molecule has 1 fully saturated rings. The number of alkyl halides is 3. The summed E-state index contributed by atoms with van der Waals surface area (Å²) in [7, 11) is -5.85. The van der Waals surface area contributed by atoms with Crippen LogP contribution in [0.3, 0.4) is 0 Å². The number of carbonyl (C=O) groups excluding carboxylic acids is 2. The van der Waals surface area contributed by atoms with Crippen LogP contribution in [0.5, 0.6) is 0 Å². The molecule has 1 saturated heterocycles. The smallest absolute Gasteiger partial charge is 0.381 e. The molecule has 2 aliphatic rings. The first kappa shape index (κ1) is 28.1. The zero-order chi connectivity index (χ0) is 28.6. The number of likely N-dealkylation sites (N-methyl/N-ethyl adjacent to an activating group) is 1. The van der Waals surface area contributed by atoms with Crippen molar-refractivity contribution in [3.63, 3.8) is 0 Å². The molecule has 2 unspecified atom stereocenters. The monoisotopic (exact) mass is 569 g/mol. The van der Waals surface area contributed by atoms with Crippen LogP contribution in [0.15, 0.2) is 54.0 Å². The molecule has 1 spiro atoms. The third-order valence-electron chi connectivity index (χ3n) is 6.88. The highest BCUT2D eigenvalue weighted by molar-refractivity contribution is 7.87. The van der Waals surface area contributed by atoms with Crippen LogP contribution in [-0.4, -0.2) is 69.0 Å². The second-order valence-electron chi connectivity index (χ2n) is 8.99. The lowest BCUT2D eigenvalue weighted by Crippen LogP contribution is -2.60. The maximum absolute atomic E-state index is 13.3. The molecule has 0 aromatic carbocycles. The van der Waals surface area contributed by atoms with Gasteiger partial charge < -0.3 is 14.0 Å². The maximum Gasteiger partial charge on any atom is 0.534 e. The van der Waals surface area contributed by atoms with Crippen LogP contribution < -0.4 is 0 Å². The number of piperazine rings is 1. The number of allylic oxidation sites excluding steroid dienone is 1. The van der Waals surface area contributed by atoms with Gasteiger partial charge in [0.25, 0.3) is 0 Å². The molecule has 1 aliphatic heterocycles. The van der Waals surface area contributed by atoms with E-state index >= 15 is 0 Å². The summed E-state index contributed by atoms with van der Waals surface area (Å²) in [5.74, 6) is 3.28. The zero-order valence-corrected chi connectivity index (χ0v) is 21.6. The third kappa shape index (κ3) is 5.08. The molecule has 15 heteroatoms. The van der Waals surface area contributed by atoms with E-state index in [1.165, 1.54) is 17.0 Å². The highest BCUT2D eigenvalue weighted by atomic mass is 32.2. The minimum absolute atomic E-state index is 0.00747. The van der Waals surface area contributed by atoms with E-state index in [2.05, 4.69) is 14.3 Å². The van der Waals surface area contributed by atoms with E-state index in [0.29, 0.717) is 11.4 Å². The van der Waals surface area contributed by atoms with Crippen LogP contribution >= 0.6 is 0 Å². The molecular formula is C24H23F4N5O5S. The Kier molecular flexibility index (Phi) is 7.44. The van der Waals surface area contributed by atoms with Gasteiger partial charge in [-0.25, -0.2) is 23.6 Å². The Bertz CT molecular complexity index is 1490. The van der Waals surface area contributed by atoms with Crippen molar-refractivity contribution in [2.24, 2.45) is 0 Å². The molecule has 208 valence electrons. The van der Waals surface area contributed by atoms with Gasteiger partial charge in [-0.2, -0.15) is 26.7 Å². The Balaban J connectivity index is 1.67. The van der Waals surface area contributed by atoms with Gasteiger partial charge in [0.05, 0.1) is 30.5 Å². The molecule has 1 aliphatic carbocycles. The lowest BCUT2D eigenvalue weighted by molar-refractivity contribution is -0.0526. The number of halogens is 4. The average molecular weight is 570 g/mol. The number of hydrogen-bond acceptors (Lipinski definition) is 9. The molecule has 10 nitrogen and oxygen atoms in total. The molecule has 0 bridgehead atoms. The van der Waals surface area contributed by atoms with Crippen LogP contribution in [0.2, 0.25) is 0 Å². The van der Waals surface area contributed by atoms with Gasteiger partial charge in [0.1, 0.15) is 29.0 Å². The second kappa shape index (κ2) is 10.3. The summed E-state index contributed by atoms with van der Waals surface area (Å²) in [6, 6.07) is 2.78. The fraction of sp³-hybridized carbons (Fsp3) is 0.417. The van der Waals surface area contributed by atoms with Crippen molar-refractivity contribution < 1.29 is 39.8 Å². The molecule has 39 heavy (non-hydrogen) atoms. The third-order valence-corrected chi connectivity index (χ3v) is 7.88. The molecule has 4 rings (SSSR count). The standard InChI is InChI=1S/C24H23F4N5O5S/c1-3-32-19(14-34)13-31(16(2)17-4-5-22(29-10-17)33-12-18(25)11-30-33)21(15-35)23(32)8-6-20(7-9-23)38-39(36,37)24(26,27)28/h4-6,10-12,16H,3,7-9,13H2,1-2H3. The SMILES string of the molecule is CCN1C(=C=O)CN(C(C)c2ccc(-n3cc(F)cn3)nc2)C(=C=O)C12CC=C(OS(=O)(=O)C(F)(F)F)CC2. The number of rotatable bonds is 6. The Morgan fingerprint density at radius 2 is 1.95 bits per heavy atom. The van der Waals surface area contributed by atoms with E-state index in [4.69, 9.17) is 0 Å². The highest BCUT2D eigenvalue weighted by Gasteiger charge is 2.52. The van der Waals surface area contributed by atoms with Crippen molar-refractivity contribution in [1.29, 1.82) is 0 Å². The van der Waals surface area contributed by atoms with E-state index < -0.39 is 38.8 Å². The quantitative estimate of drug-likeness (QED) is 0.224. The molecule has 0 N–H and O–H groups in total. The summed E-state index contributed by atoms with van der Waals surface area (Å²) < 4.78 is 80.3. The number of hydrogen-bond donors (Lipinski definition) is 0. The molecule has 2 atom stereocenters. The second-order valence-corrected chi connectivity index (χ2v) is 10.5. The van der Waals surface area contributed by atoms with Crippen molar-refractivity contribution in [2.75, 3.05) is 13.1 Å². The van der Waals surface area contributed by atoms with Gasteiger partial charge in [0, 0.05) is 19.2 Å². The maximum atomic E-state index is 13.3. The van der Waals surface area contributed by atoms with Crippen molar-refractivity contribution in [2.45, 2.75) is 50.2 Å². The van der Waals surface area contributed by atoms with Crippen LogP contribution in [0.25, 0.3) is 5.82 Å². The first-order valence-corrected chi connectivity index (χ1v) is 13.2. The van der Waals surface area contributed by atoms with Crippen molar-refractivity contribution in [3.8, 4) is 5.82 Å². The molecular weight excluding hydrogens is 546 g/mol. The molecule has 3 heterocycles. The first-order chi connectivity index (χ1) is 18.4. The Hall–Kier alpha value is -3.93. The normalized spacial score (nSPS) is 20.9. The van der Waals surface area contributed by atoms with Gasteiger partial charge in [-0.05, 0) is 44.4 Å². The molecule has 2 aromatic rings. The Morgan fingerprint density at radius 1 is 1.21 bits per heavy atom. The topological polar surface area (TPSA) is 115 Å². The predicted octanol–water partition coefficient (Wildman–Crippen LogP) is 3.21. The summed E-state index contributed by atoms with van der Waals surface area (Å²) in [5.41, 5.74) is -5.81. The highest BCUT2D eigenvalue weighted by Crippen LogP contribution is 2.47. The van der Waals surface area contributed by atoms with E-state index in [-0.39, 0.29) is 43.7 Å². The summed E-state index contributed by atoms with van der Waals surface area (Å²) >= 11 is 0. The zero-order valence-electron chi connectivity index (χ0n) is 20.8. The minimum atomic E-state index is -5.85. The van der Waals surface area contributed by atoms with Gasteiger partial charge >= 0.3 is 15.6 Å². The van der Waals surface area contributed by atoms with E-state index in [1.807, 2.05) is 11.9 Å². The fourth-order valence-electron chi connectivity index (χ4n) is 4.97. The van der Waals surface area contributed by atoms with Crippen LogP contribution in [0, 0.1) is 5.82 Å². The van der Waals surface area contributed by atoms with Gasteiger partial charge in [-0.1, -0.05) is 6.07 Å². The summed E-state index contributed by atoms with van der Waals surface area (Å²) in [4.78, 5) is 32.0. The van der Waals surface area contributed by atoms with Gasteiger partial charge in [-0.3, -0.25) is 0 Å². The molecule has 2 aromatic heterocycles. The predicted molar refractivity (Wildman–Crippen MR) is 128 cm³/mol. The average Bonchev–Trinajstić information content (AvgIpc) is 3.34. The van der Waals surface area contributed by atoms with Crippen LogP contribution in [-0.2, 0) is 23.9 Å². The largest absolute Gasteiger partial charge is 0.534 e. The van der Waals surface area contributed by atoms with E-state index in [1.54, 1.807) is 35.8 Å². The lowest BCUT2D eigenvalue weighted by Gasteiger charge is -2.54.